The van der Waals surface area contributed by atoms with Crippen molar-refractivity contribution in [2.45, 2.75) is 13.0 Å². The van der Waals surface area contributed by atoms with Crippen molar-refractivity contribution in [1.82, 2.24) is 9.55 Å². The maximum Gasteiger partial charge on any atom is 0.128 e. The van der Waals surface area contributed by atoms with E-state index in [1.54, 1.807) is 20.4 Å². The lowest BCUT2D eigenvalue weighted by atomic mass is 10.0. The number of rotatable bonds is 4. The van der Waals surface area contributed by atoms with Gasteiger partial charge in [-0.3, -0.25) is 4.57 Å². The van der Waals surface area contributed by atoms with E-state index in [1.807, 2.05) is 59.2 Å². The molecule has 1 atom stereocenters. The zero-order valence-electron chi connectivity index (χ0n) is 15.1. The molecule has 1 heterocycles. The van der Waals surface area contributed by atoms with Crippen LogP contribution in [0.3, 0.4) is 0 Å². The minimum absolute atomic E-state index is 0.518. The van der Waals surface area contributed by atoms with Crippen LogP contribution in [0.5, 0.6) is 5.75 Å². The van der Waals surface area contributed by atoms with Crippen LogP contribution in [0.25, 0.3) is 27.8 Å². The Labute approximate surface area is 162 Å². The standard InChI is InChI=1S/C22H19ClN2O2/c1-14(26)15-9-10-20-19(12-15)24-13-25(20)17-6-3-5-16(11-17)22-18(23)7-4-8-21(22)27-2/h3-14,26H,1-2H3. The molecule has 3 aromatic carbocycles. The third kappa shape index (κ3) is 3.18. The average molecular weight is 379 g/mol. The Balaban J connectivity index is 1.84. The summed E-state index contributed by atoms with van der Waals surface area (Å²) in [5.74, 6) is 0.733. The van der Waals surface area contributed by atoms with E-state index < -0.39 is 6.10 Å². The monoisotopic (exact) mass is 378 g/mol. The number of hydrogen-bond donors (Lipinski definition) is 1. The number of aliphatic hydroxyl groups is 1. The fraction of sp³-hybridized carbons (Fsp3) is 0.136. The predicted octanol–water partition coefficient (Wildman–Crippen LogP) is 5.41. The van der Waals surface area contributed by atoms with Gasteiger partial charge in [0.25, 0.3) is 0 Å². The van der Waals surface area contributed by atoms with Gasteiger partial charge in [0.1, 0.15) is 12.1 Å². The van der Waals surface area contributed by atoms with Crippen LogP contribution in [0.15, 0.2) is 67.0 Å². The van der Waals surface area contributed by atoms with Gasteiger partial charge in [0.2, 0.25) is 0 Å². The van der Waals surface area contributed by atoms with Crippen LogP contribution < -0.4 is 4.74 Å². The number of halogens is 1. The lowest BCUT2D eigenvalue weighted by Gasteiger charge is -2.12. The molecule has 1 aromatic heterocycles. The van der Waals surface area contributed by atoms with Crippen molar-refractivity contribution >= 4 is 22.6 Å². The number of ether oxygens (including phenoxy) is 1. The van der Waals surface area contributed by atoms with Gasteiger partial charge in [-0.2, -0.15) is 0 Å². The van der Waals surface area contributed by atoms with Gasteiger partial charge in [0.15, 0.2) is 0 Å². The Morgan fingerprint density at radius 3 is 2.67 bits per heavy atom. The minimum Gasteiger partial charge on any atom is -0.496 e. The van der Waals surface area contributed by atoms with Crippen molar-refractivity contribution in [2.75, 3.05) is 7.11 Å². The molecule has 0 fully saturated rings. The van der Waals surface area contributed by atoms with Crippen molar-refractivity contribution in [2.24, 2.45) is 0 Å². The Hall–Kier alpha value is -2.82. The fourth-order valence-corrected chi connectivity index (χ4v) is 3.54. The summed E-state index contributed by atoms with van der Waals surface area (Å²) in [6.45, 7) is 1.75. The summed E-state index contributed by atoms with van der Waals surface area (Å²) >= 11 is 6.44. The lowest BCUT2D eigenvalue weighted by molar-refractivity contribution is 0.199. The van der Waals surface area contributed by atoms with Crippen molar-refractivity contribution in [1.29, 1.82) is 0 Å². The van der Waals surface area contributed by atoms with Crippen LogP contribution >= 0.6 is 11.6 Å². The molecule has 1 N–H and O–H groups in total. The third-order valence-electron chi connectivity index (χ3n) is 4.66. The number of methoxy groups -OCH3 is 1. The number of aliphatic hydroxyl groups excluding tert-OH is 1. The average Bonchev–Trinajstić information content (AvgIpc) is 3.11. The molecule has 1 unspecified atom stereocenters. The van der Waals surface area contributed by atoms with Crippen LogP contribution in [0.2, 0.25) is 5.02 Å². The summed E-state index contributed by atoms with van der Waals surface area (Å²) in [4.78, 5) is 4.49. The van der Waals surface area contributed by atoms with Gasteiger partial charge in [-0.25, -0.2) is 4.98 Å². The highest BCUT2D eigenvalue weighted by Gasteiger charge is 2.13. The van der Waals surface area contributed by atoms with Crippen LogP contribution in [0.4, 0.5) is 0 Å². The van der Waals surface area contributed by atoms with Crippen molar-refractivity contribution in [3.05, 3.63) is 77.6 Å². The van der Waals surface area contributed by atoms with Crippen molar-refractivity contribution in [3.63, 3.8) is 0 Å². The maximum atomic E-state index is 9.79. The first-order valence-corrected chi connectivity index (χ1v) is 9.04. The van der Waals surface area contributed by atoms with Gasteiger partial charge in [-0.15, -0.1) is 0 Å². The fourth-order valence-electron chi connectivity index (χ4n) is 3.26. The zero-order chi connectivity index (χ0) is 19.0. The van der Waals surface area contributed by atoms with E-state index in [-0.39, 0.29) is 0 Å². The summed E-state index contributed by atoms with van der Waals surface area (Å²) in [6, 6.07) is 19.5. The van der Waals surface area contributed by atoms with E-state index in [4.69, 9.17) is 16.3 Å². The van der Waals surface area contributed by atoms with E-state index in [1.165, 1.54) is 0 Å². The second-order valence-electron chi connectivity index (χ2n) is 6.41. The summed E-state index contributed by atoms with van der Waals surface area (Å²) < 4.78 is 7.51. The molecule has 0 spiro atoms. The molecule has 4 aromatic rings. The normalized spacial score (nSPS) is 12.3. The summed E-state index contributed by atoms with van der Waals surface area (Å²) in [5, 5.41) is 10.4. The number of benzene rings is 3. The molecule has 0 aliphatic rings. The van der Waals surface area contributed by atoms with E-state index in [0.717, 1.165) is 39.2 Å². The predicted molar refractivity (Wildman–Crippen MR) is 109 cm³/mol. The molecule has 0 aliphatic carbocycles. The molecule has 4 rings (SSSR count). The molecule has 0 aliphatic heterocycles. The molecule has 0 saturated heterocycles. The first kappa shape index (κ1) is 17.6. The summed E-state index contributed by atoms with van der Waals surface area (Å²) in [5.41, 5.74) is 5.47. The van der Waals surface area contributed by atoms with Gasteiger partial charge >= 0.3 is 0 Å². The molecule has 0 radical (unpaired) electrons. The molecule has 136 valence electrons. The smallest absolute Gasteiger partial charge is 0.128 e. The van der Waals surface area contributed by atoms with E-state index >= 15 is 0 Å². The minimum atomic E-state index is -0.518. The Morgan fingerprint density at radius 1 is 1.07 bits per heavy atom. The third-order valence-corrected chi connectivity index (χ3v) is 4.98. The molecular formula is C22H19ClN2O2. The van der Waals surface area contributed by atoms with Crippen LogP contribution in [0.1, 0.15) is 18.6 Å². The largest absolute Gasteiger partial charge is 0.496 e. The molecule has 27 heavy (non-hydrogen) atoms. The number of imidazole rings is 1. The number of hydrogen-bond acceptors (Lipinski definition) is 3. The molecule has 5 heteroatoms. The Bertz CT molecular complexity index is 1120. The van der Waals surface area contributed by atoms with Gasteiger partial charge in [-0.1, -0.05) is 35.9 Å². The van der Waals surface area contributed by atoms with Crippen molar-refractivity contribution in [3.8, 4) is 22.6 Å². The maximum absolute atomic E-state index is 9.79. The van der Waals surface area contributed by atoms with Crippen LogP contribution in [0, 0.1) is 0 Å². The summed E-state index contributed by atoms with van der Waals surface area (Å²) in [6.07, 6.45) is 1.27. The highest BCUT2D eigenvalue weighted by atomic mass is 35.5. The van der Waals surface area contributed by atoms with E-state index in [9.17, 15) is 5.11 Å². The van der Waals surface area contributed by atoms with Gasteiger partial charge in [0.05, 0.1) is 29.3 Å². The first-order chi connectivity index (χ1) is 13.1. The Kier molecular flexibility index (Phi) is 4.60. The number of nitrogens with zero attached hydrogens (tertiary/aromatic N) is 2. The van der Waals surface area contributed by atoms with Gasteiger partial charge in [0, 0.05) is 11.3 Å². The Morgan fingerprint density at radius 2 is 1.89 bits per heavy atom. The lowest BCUT2D eigenvalue weighted by Crippen LogP contribution is -1.95. The zero-order valence-corrected chi connectivity index (χ0v) is 15.8. The second kappa shape index (κ2) is 7.06. The highest BCUT2D eigenvalue weighted by molar-refractivity contribution is 6.33. The van der Waals surface area contributed by atoms with Gasteiger partial charge in [-0.05, 0) is 54.4 Å². The summed E-state index contributed by atoms with van der Waals surface area (Å²) in [7, 11) is 1.64. The topological polar surface area (TPSA) is 47.3 Å². The van der Waals surface area contributed by atoms with E-state index in [2.05, 4.69) is 11.1 Å². The quantitative estimate of drug-likeness (QED) is 0.516. The van der Waals surface area contributed by atoms with E-state index in [0.29, 0.717) is 5.02 Å². The van der Waals surface area contributed by atoms with Crippen molar-refractivity contribution < 1.29 is 9.84 Å². The number of aromatic nitrogens is 2. The van der Waals surface area contributed by atoms with Crippen LogP contribution in [-0.2, 0) is 0 Å². The van der Waals surface area contributed by atoms with Gasteiger partial charge < -0.3 is 9.84 Å². The molecule has 0 bridgehead atoms. The highest BCUT2D eigenvalue weighted by Crippen LogP contribution is 2.37. The molecule has 0 amide bonds. The number of fused-ring (bicyclic) bond motifs is 1. The first-order valence-electron chi connectivity index (χ1n) is 8.67. The molecule has 4 nitrogen and oxygen atoms in total. The molecule has 0 saturated carbocycles. The molecular weight excluding hydrogens is 360 g/mol. The SMILES string of the molecule is COc1cccc(Cl)c1-c1cccc(-n2cnc3cc(C(C)O)ccc32)c1. The second-order valence-corrected chi connectivity index (χ2v) is 6.81. The van der Waals surface area contributed by atoms with Crippen LogP contribution in [-0.4, -0.2) is 21.8 Å².